The van der Waals surface area contributed by atoms with E-state index < -0.39 is 0 Å². The van der Waals surface area contributed by atoms with Gasteiger partial charge in [0.15, 0.2) is 5.82 Å². The van der Waals surface area contributed by atoms with Crippen LogP contribution in [0.15, 0.2) is 24.8 Å². The fourth-order valence-corrected chi connectivity index (χ4v) is 4.87. The Balaban J connectivity index is 1.55. The van der Waals surface area contributed by atoms with Crippen molar-refractivity contribution in [1.29, 1.82) is 0 Å². The van der Waals surface area contributed by atoms with Gasteiger partial charge in [0.1, 0.15) is 0 Å². The van der Waals surface area contributed by atoms with Crippen LogP contribution in [0.25, 0.3) is 5.69 Å². The number of amides is 1. The van der Waals surface area contributed by atoms with Crippen LogP contribution in [-0.2, 0) is 17.6 Å². The molecule has 3 aliphatic rings. The van der Waals surface area contributed by atoms with Crippen molar-refractivity contribution in [2.45, 2.75) is 44.1 Å². The van der Waals surface area contributed by atoms with Gasteiger partial charge in [-0.15, -0.1) is 0 Å². The van der Waals surface area contributed by atoms with E-state index in [1.165, 1.54) is 6.08 Å². The minimum Gasteiger partial charge on any atom is -0.395 e. The van der Waals surface area contributed by atoms with Crippen LogP contribution in [0.3, 0.4) is 0 Å². The van der Waals surface area contributed by atoms with Crippen molar-refractivity contribution in [1.82, 2.24) is 20.0 Å². The Labute approximate surface area is 169 Å². The second-order valence-corrected chi connectivity index (χ2v) is 8.24. The number of rotatable bonds is 3. The molecule has 3 heterocycles. The van der Waals surface area contributed by atoms with Crippen molar-refractivity contribution in [3.63, 3.8) is 0 Å². The van der Waals surface area contributed by atoms with Gasteiger partial charge in [0, 0.05) is 38.0 Å². The predicted molar refractivity (Wildman–Crippen MR) is 109 cm³/mol. The standard InChI is InChI=1S/C22H26FN5O/c1-2-19(29)27-11-9-15-20-16(12-27)25-10-8-17(20)28(26-15)18-7-6-14(13-4-3-5-13)21(23)22(18)24/h2,6-7,13,16,25H,1,3-5,8-12,24H2. The van der Waals surface area contributed by atoms with Gasteiger partial charge in [0.2, 0.25) is 5.91 Å². The monoisotopic (exact) mass is 395 g/mol. The quantitative estimate of drug-likeness (QED) is 0.619. The van der Waals surface area contributed by atoms with Crippen molar-refractivity contribution < 1.29 is 9.18 Å². The molecule has 0 bridgehead atoms. The Morgan fingerprint density at radius 1 is 1.34 bits per heavy atom. The summed E-state index contributed by atoms with van der Waals surface area (Å²) in [6.07, 6.45) is 6.03. The summed E-state index contributed by atoms with van der Waals surface area (Å²) < 4.78 is 16.9. The first-order valence-electron chi connectivity index (χ1n) is 10.4. The van der Waals surface area contributed by atoms with Gasteiger partial charge in [-0.3, -0.25) is 4.79 Å². The van der Waals surface area contributed by atoms with Gasteiger partial charge in [0.05, 0.1) is 28.8 Å². The maximum atomic E-state index is 15.0. The molecule has 3 N–H and O–H groups in total. The van der Waals surface area contributed by atoms with Crippen LogP contribution >= 0.6 is 0 Å². The number of aromatic nitrogens is 2. The number of carbonyl (C=O) groups is 1. The van der Waals surface area contributed by atoms with Crippen molar-refractivity contribution >= 4 is 11.6 Å². The molecule has 1 aromatic carbocycles. The Hall–Kier alpha value is -2.67. The van der Waals surface area contributed by atoms with E-state index in [0.717, 1.165) is 54.7 Å². The van der Waals surface area contributed by atoms with Gasteiger partial charge >= 0.3 is 0 Å². The maximum Gasteiger partial charge on any atom is 0.246 e. The highest BCUT2D eigenvalue weighted by Gasteiger charge is 2.34. The molecule has 1 unspecified atom stereocenters. The number of benzene rings is 1. The lowest BCUT2D eigenvalue weighted by atomic mass is 9.79. The molecule has 29 heavy (non-hydrogen) atoms. The third-order valence-electron chi connectivity index (χ3n) is 6.67. The van der Waals surface area contributed by atoms with E-state index in [2.05, 4.69) is 11.9 Å². The van der Waals surface area contributed by atoms with Crippen molar-refractivity contribution in [2.75, 3.05) is 25.4 Å². The molecule has 1 saturated carbocycles. The summed E-state index contributed by atoms with van der Waals surface area (Å²) >= 11 is 0. The molecule has 1 aromatic heterocycles. The highest BCUT2D eigenvalue weighted by atomic mass is 19.1. The zero-order chi connectivity index (χ0) is 20.1. The molecular weight excluding hydrogens is 369 g/mol. The summed E-state index contributed by atoms with van der Waals surface area (Å²) in [6.45, 7) is 5.56. The van der Waals surface area contributed by atoms with Crippen LogP contribution in [0.2, 0.25) is 0 Å². The number of nitrogens with one attached hydrogen (secondary N) is 1. The number of hydrogen-bond acceptors (Lipinski definition) is 4. The third kappa shape index (κ3) is 2.87. The minimum absolute atomic E-state index is 0.0224. The molecule has 7 heteroatoms. The zero-order valence-corrected chi connectivity index (χ0v) is 16.5. The summed E-state index contributed by atoms with van der Waals surface area (Å²) in [6, 6.07) is 3.82. The smallest absolute Gasteiger partial charge is 0.246 e. The molecule has 2 aromatic rings. The third-order valence-corrected chi connectivity index (χ3v) is 6.67. The lowest BCUT2D eigenvalue weighted by Gasteiger charge is -2.29. The maximum absolute atomic E-state index is 15.0. The number of hydrogen-bond donors (Lipinski definition) is 2. The van der Waals surface area contributed by atoms with Crippen molar-refractivity contribution in [3.05, 3.63) is 53.1 Å². The molecule has 5 rings (SSSR count). The molecule has 0 spiro atoms. The minimum atomic E-state index is -0.293. The molecule has 1 atom stereocenters. The molecule has 6 nitrogen and oxygen atoms in total. The van der Waals surface area contributed by atoms with Crippen LogP contribution in [0.5, 0.6) is 0 Å². The van der Waals surface area contributed by atoms with E-state index in [4.69, 9.17) is 10.8 Å². The molecule has 1 fully saturated rings. The van der Waals surface area contributed by atoms with Gasteiger partial charge < -0.3 is 16.0 Å². The lowest BCUT2D eigenvalue weighted by Crippen LogP contribution is -2.40. The van der Waals surface area contributed by atoms with Gasteiger partial charge in [-0.2, -0.15) is 5.10 Å². The number of nitrogens with two attached hydrogens (primary N) is 1. The van der Waals surface area contributed by atoms with Crippen LogP contribution in [0.4, 0.5) is 10.1 Å². The van der Waals surface area contributed by atoms with E-state index in [-0.39, 0.29) is 23.5 Å². The van der Waals surface area contributed by atoms with E-state index in [1.807, 2.05) is 21.7 Å². The van der Waals surface area contributed by atoms with Crippen LogP contribution in [0, 0.1) is 5.82 Å². The highest BCUT2D eigenvalue weighted by molar-refractivity contribution is 5.87. The Morgan fingerprint density at radius 3 is 2.90 bits per heavy atom. The summed E-state index contributed by atoms with van der Waals surface area (Å²) in [5.74, 6) is -0.0609. The number of nitrogen functional groups attached to an aromatic ring is 1. The molecule has 0 radical (unpaired) electrons. The number of anilines is 1. The van der Waals surface area contributed by atoms with E-state index in [1.54, 1.807) is 0 Å². The van der Waals surface area contributed by atoms with Gasteiger partial charge in [-0.25, -0.2) is 9.07 Å². The Kier molecular flexibility index (Phi) is 4.42. The largest absolute Gasteiger partial charge is 0.395 e. The van der Waals surface area contributed by atoms with Crippen molar-refractivity contribution in [3.8, 4) is 5.69 Å². The molecule has 2 aliphatic heterocycles. The summed E-state index contributed by atoms with van der Waals surface area (Å²) in [4.78, 5) is 14.0. The average Bonchev–Trinajstić information content (AvgIpc) is 2.95. The van der Waals surface area contributed by atoms with Crippen LogP contribution in [-0.4, -0.2) is 40.2 Å². The van der Waals surface area contributed by atoms with E-state index in [9.17, 15) is 4.79 Å². The fraction of sp³-hybridized carbons (Fsp3) is 0.455. The van der Waals surface area contributed by atoms with E-state index >= 15 is 4.39 Å². The van der Waals surface area contributed by atoms with Crippen LogP contribution < -0.4 is 11.1 Å². The topological polar surface area (TPSA) is 76.2 Å². The summed E-state index contributed by atoms with van der Waals surface area (Å²) in [5.41, 5.74) is 11.0. The zero-order valence-electron chi connectivity index (χ0n) is 16.5. The highest BCUT2D eigenvalue weighted by Crippen LogP contribution is 2.40. The first-order chi connectivity index (χ1) is 14.1. The first-order valence-corrected chi connectivity index (χ1v) is 10.4. The number of carbonyl (C=O) groups excluding carboxylic acids is 1. The second-order valence-electron chi connectivity index (χ2n) is 8.24. The molecular formula is C22H26FN5O. The number of halogens is 1. The molecule has 1 amide bonds. The van der Waals surface area contributed by atoms with Gasteiger partial charge in [-0.05, 0) is 36.5 Å². The lowest BCUT2D eigenvalue weighted by molar-refractivity contribution is -0.126. The first kappa shape index (κ1) is 18.4. The predicted octanol–water partition coefficient (Wildman–Crippen LogP) is 2.62. The second kappa shape index (κ2) is 6.99. The Bertz CT molecular complexity index is 994. The summed E-state index contributed by atoms with van der Waals surface area (Å²) in [5, 5.41) is 8.35. The van der Waals surface area contributed by atoms with Crippen molar-refractivity contribution in [2.24, 2.45) is 0 Å². The molecule has 152 valence electrons. The summed E-state index contributed by atoms with van der Waals surface area (Å²) in [7, 11) is 0. The Morgan fingerprint density at radius 2 is 2.17 bits per heavy atom. The fourth-order valence-electron chi connectivity index (χ4n) is 4.87. The SMILES string of the molecule is C=CC(=O)N1CCc2nn(-c3ccc(C4CCC4)c(F)c3N)c3c2C(C1)NCC3. The molecule has 0 saturated heterocycles. The average molecular weight is 395 g/mol. The number of nitrogens with zero attached hydrogens (tertiary/aromatic N) is 3. The normalized spacial score (nSPS) is 21.3. The van der Waals surface area contributed by atoms with Gasteiger partial charge in [-0.1, -0.05) is 19.1 Å². The van der Waals surface area contributed by atoms with Gasteiger partial charge in [0.25, 0.3) is 0 Å². The van der Waals surface area contributed by atoms with Crippen LogP contribution in [0.1, 0.15) is 53.7 Å². The molecule has 1 aliphatic carbocycles. The van der Waals surface area contributed by atoms with E-state index in [0.29, 0.717) is 31.1 Å².